The number of benzene rings is 1. The minimum atomic E-state index is -1.19. The second-order valence-electron chi connectivity index (χ2n) is 8.08. The fraction of sp³-hybridized carbons (Fsp3) is 0.409. The highest BCUT2D eigenvalue weighted by molar-refractivity contribution is 7.13. The molecule has 1 amide bonds. The van der Waals surface area contributed by atoms with E-state index in [-0.39, 0.29) is 29.4 Å². The van der Waals surface area contributed by atoms with Crippen LogP contribution < -0.4 is 0 Å². The second kappa shape index (κ2) is 8.87. The smallest absolute Gasteiger partial charge is 0.253 e. The van der Waals surface area contributed by atoms with Crippen molar-refractivity contribution in [2.24, 2.45) is 0 Å². The number of ketones is 2. The van der Waals surface area contributed by atoms with Crippen LogP contribution in [0.5, 0.6) is 0 Å². The molecule has 168 valence electrons. The molecule has 8 nitrogen and oxygen atoms in total. The normalized spacial score (nSPS) is 21.3. The third-order valence-electron chi connectivity index (χ3n) is 5.59. The number of hydrogen-bond donors (Lipinski definition) is 0. The van der Waals surface area contributed by atoms with Gasteiger partial charge in [0, 0.05) is 32.3 Å². The first kappa shape index (κ1) is 22.2. The maximum absolute atomic E-state index is 13.1. The standard InChI is InChI=1S/C22H23FN4O4S/c1-12(2)26-9-15(11-31-3)27-10-16(19(28)20(29)18(27)22(26)30)21-25-24-17(32-21)8-13-4-6-14(23)7-5-13/h4-7,10,12,15,18H,8-9,11H2,1-3H3/t15-,18?/m1/s1. The minimum Gasteiger partial charge on any atom is -0.382 e. The van der Waals surface area contributed by atoms with Crippen molar-refractivity contribution in [2.75, 3.05) is 20.3 Å². The van der Waals surface area contributed by atoms with Crippen LogP contribution in [-0.2, 0) is 25.5 Å². The van der Waals surface area contributed by atoms with E-state index >= 15 is 0 Å². The van der Waals surface area contributed by atoms with E-state index in [2.05, 4.69) is 10.2 Å². The molecule has 1 aromatic carbocycles. The van der Waals surface area contributed by atoms with Crippen LogP contribution in [0.1, 0.15) is 29.4 Å². The maximum atomic E-state index is 13.1. The summed E-state index contributed by atoms with van der Waals surface area (Å²) in [7, 11) is 1.55. The molecule has 1 fully saturated rings. The number of piperazine rings is 1. The Morgan fingerprint density at radius 1 is 1.19 bits per heavy atom. The van der Waals surface area contributed by atoms with Crippen LogP contribution in [0, 0.1) is 5.82 Å². The minimum absolute atomic E-state index is 0.102. The van der Waals surface area contributed by atoms with Crippen molar-refractivity contribution in [1.29, 1.82) is 0 Å². The Balaban J connectivity index is 1.65. The number of hydrogen-bond acceptors (Lipinski definition) is 8. The molecule has 4 rings (SSSR count). The molecule has 2 aliphatic heterocycles. The van der Waals surface area contributed by atoms with Crippen molar-refractivity contribution in [3.63, 3.8) is 0 Å². The molecular weight excluding hydrogens is 435 g/mol. The van der Waals surface area contributed by atoms with Gasteiger partial charge in [0.2, 0.25) is 11.6 Å². The number of allylic oxidation sites excluding steroid dienone is 1. The molecule has 0 N–H and O–H groups in total. The Hall–Kier alpha value is -2.98. The average Bonchev–Trinajstić information content (AvgIpc) is 3.21. The quantitative estimate of drug-likeness (QED) is 0.481. The van der Waals surface area contributed by atoms with Gasteiger partial charge in [-0.15, -0.1) is 10.2 Å². The maximum Gasteiger partial charge on any atom is 0.253 e. The third-order valence-corrected chi connectivity index (χ3v) is 6.54. The lowest BCUT2D eigenvalue weighted by atomic mass is 9.92. The van der Waals surface area contributed by atoms with Crippen molar-refractivity contribution in [3.8, 4) is 0 Å². The molecule has 0 radical (unpaired) electrons. The molecule has 0 aliphatic carbocycles. The summed E-state index contributed by atoms with van der Waals surface area (Å²) >= 11 is 1.19. The highest BCUT2D eigenvalue weighted by Gasteiger charge is 2.49. The van der Waals surface area contributed by atoms with Gasteiger partial charge in [0.1, 0.15) is 10.8 Å². The summed E-state index contributed by atoms with van der Waals surface area (Å²) in [6.45, 7) is 4.43. The number of halogens is 1. The highest BCUT2D eigenvalue weighted by atomic mass is 32.1. The fourth-order valence-corrected chi connectivity index (χ4v) is 4.84. The van der Waals surface area contributed by atoms with Crippen LogP contribution in [0.2, 0.25) is 0 Å². The molecular formula is C22H23FN4O4S. The number of ether oxygens (including phenoxy) is 1. The molecule has 10 heteroatoms. The zero-order chi connectivity index (χ0) is 23.0. The summed E-state index contributed by atoms with van der Waals surface area (Å²) in [4.78, 5) is 42.1. The van der Waals surface area contributed by atoms with Gasteiger partial charge in [0.25, 0.3) is 5.91 Å². The summed E-state index contributed by atoms with van der Waals surface area (Å²) in [6.07, 6.45) is 1.98. The number of carbonyl (C=O) groups is 3. The Bertz CT molecular complexity index is 1080. The number of Topliss-reactive ketones (excluding diaryl/α,β-unsaturated/α-hetero) is 2. The van der Waals surface area contributed by atoms with Crippen LogP contribution in [0.3, 0.4) is 0 Å². The number of carbonyl (C=O) groups excluding carboxylic acids is 3. The topological polar surface area (TPSA) is 92.7 Å². The van der Waals surface area contributed by atoms with E-state index in [0.717, 1.165) is 5.56 Å². The first-order valence-corrected chi connectivity index (χ1v) is 11.1. The molecule has 2 atom stereocenters. The monoisotopic (exact) mass is 458 g/mol. The Labute approximate surface area is 188 Å². The Kier molecular flexibility index (Phi) is 6.16. The largest absolute Gasteiger partial charge is 0.382 e. The Morgan fingerprint density at radius 3 is 2.56 bits per heavy atom. The SMILES string of the molecule is COC[C@H]1CN(C(C)C)C(=O)C2C(=O)C(=O)C(c3nnc(Cc4ccc(F)cc4)s3)=CN21. The fourth-order valence-electron chi connectivity index (χ4n) is 3.96. The third kappa shape index (κ3) is 4.07. The molecule has 2 aromatic rings. The highest BCUT2D eigenvalue weighted by Crippen LogP contribution is 2.31. The van der Waals surface area contributed by atoms with Crippen molar-refractivity contribution in [2.45, 2.75) is 38.4 Å². The predicted molar refractivity (Wildman–Crippen MR) is 115 cm³/mol. The van der Waals surface area contributed by atoms with E-state index in [9.17, 15) is 18.8 Å². The van der Waals surface area contributed by atoms with Crippen LogP contribution in [0.25, 0.3) is 5.57 Å². The summed E-state index contributed by atoms with van der Waals surface area (Å²) in [6, 6.07) is 4.49. The van der Waals surface area contributed by atoms with Crippen molar-refractivity contribution in [3.05, 3.63) is 51.9 Å². The van der Waals surface area contributed by atoms with Gasteiger partial charge in [-0.1, -0.05) is 23.5 Å². The van der Waals surface area contributed by atoms with Crippen LogP contribution in [0.4, 0.5) is 4.39 Å². The molecule has 0 bridgehead atoms. The van der Waals surface area contributed by atoms with Crippen LogP contribution >= 0.6 is 11.3 Å². The van der Waals surface area contributed by atoms with Gasteiger partial charge in [-0.2, -0.15) is 0 Å². The van der Waals surface area contributed by atoms with Gasteiger partial charge < -0.3 is 14.5 Å². The molecule has 1 saturated heterocycles. The second-order valence-corrected chi connectivity index (χ2v) is 9.15. The first-order valence-electron chi connectivity index (χ1n) is 10.2. The van der Waals surface area contributed by atoms with Gasteiger partial charge in [-0.25, -0.2) is 4.39 Å². The van der Waals surface area contributed by atoms with Crippen molar-refractivity contribution >= 4 is 34.4 Å². The number of methoxy groups -OCH3 is 1. The molecule has 0 saturated carbocycles. The van der Waals surface area contributed by atoms with Gasteiger partial charge in [0.15, 0.2) is 11.0 Å². The van der Waals surface area contributed by atoms with E-state index in [1.54, 1.807) is 35.2 Å². The predicted octanol–water partition coefficient (Wildman–Crippen LogP) is 1.70. The van der Waals surface area contributed by atoms with E-state index in [0.29, 0.717) is 29.6 Å². The van der Waals surface area contributed by atoms with E-state index < -0.39 is 17.6 Å². The van der Waals surface area contributed by atoms with E-state index in [4.69, 9.17) is 4.74 Å². The summed E-state index contributed by atoms with van der Waals surface area (Å²) in [5.74, 6) is -2.22. The molecule has 1 unspecified atom stereocenters. The lowest BCUT2D eigenvalue weighted by Gasteiger charge is -2.47. The van der Waals surface area contributed by atoms with Crippen LogP contribution in [-0.4, -0.2) is 75.9 Å². The molecule has 0 spiro atoms. The van der Waals surface area contributed by atoms with Crippen molar-refractivity contribution < 1.29 is 23.5 Å². The number of rotatable bonds is 6. The zero-order valence-electron chi connectivity index (χ0n) is 17.9. The van der Waals surface area contributed by atoms with Gasteiger partial charge in [-0.3, -0.25) is 14.4 Å². The number of amides is 1. The first-order chi connectivity index (χ1) is 15.3. The lowest BCUT2D eigenvalue weighted by molar-refractivity contribution is -0.155. The Morgan fingerprint density at radius 2 is 1.91 bits per heavy atom. The van der Waals surface area contributed by atoms with Gasteiger partial charge >= 0.3 is 0 Å². The van der Waals surface area contributed by atoms with E-state index in [1.165, 1.54) is 23.5 Å². The molecule has 3 heterocycles. The molecule has 2 aliphatic rings. The lowest BCUT2D eigenvalue weighted by Crippen LogP contribution is -2.67. The number of aromatic nitrogens is 2. The van der Waals surface area contributed by atoms with E-state index in [1.807, 2.05) is 13.8 Å². The van der Waals surface area contributed by atoms with Gasteiger partial charge in [-0.05, 0) is 31.5 Å². The van der Waals surface area contributed by atoms with Gasteiger partial charge in [0.05, 0.1) is 18.2 Å². The molecule has 32 heavy (non-hydrogen) atoms. The average molecular weight is 459 g/mol. The summed E-state index contributed by atoms with van der Waals surface area (Å²) < 4.78 is 18.4. The zero-order valence-corrected chi connectivity index (χ0v) is 18.8. The summed E-state index contributed by atoms with van der Waals surface area (Å²) in [5.41, 5.74) is 0.978. The summed E-state index contributed by atoms with van der Waals surface area (Å²) in [5, 5.41) is 9.18. The molecule has 1 aromatic heterocycles. The van der Waals surface area contributed by atoms with Crippen LogP contribution in [0.15, 0.2) is 30.5 Å². The van der Waals surface area contributed by atoms with Crippen molar-refractivity contribution in [1.82, 2.24) is 20.0 Å². The number of nitrogens with zero attached hydrogens (tertiary/aromatic N) is 4. The number of fused-ring (bicyclic) bond motifs is 1.